The molecule has 1 aliphatic heterocycles. The number of fused-ring (bicyclic) bond motifs is 6. The van der Waals surface area contributed by atoms with Gasteiger partial charge < -0.3 is 0 Å². The van der Waals surface area contributed by atoms with Crippen LogP contribution in [0.25, 0.3) is 22.3 Å². The van der Waals surface area contributed by atoms with Crippen LogP contribution in [0.1, 0.15) is 36.3 Å². The zero-order valence-electron chi connectivity index (χ0n) is 19.9. The van der Waals surface area contributed by atoms with Crippen LogP contribution < -0.4 is 5.19 Å². The van der Waals surface area contributed by atoms with E-state index < -0.39 is 24.7 Å². The summed E-state index contributed by atoms with van der Waals surface area (Å²) in [7, 11) is -1.71. The van der Waals surface area contributed by atoms with E-state index in [9.17, 15) is 0 Å². The molecule has 162 valence electrons. The van der Waals surface area contributed by atoms with Crippen LogP contribution in [0, 0.1) is 0 Å². The number of rotatable bonds is 0. The van der Waals surface area contributed by atoms with E-state index >= 15 is 0 Å². The average molecular weight is 479 g/mol. The Morgan fingerprint density at radius 3 is 1.79 bits per heavy atom. The van der Waals surface area contributed by atoms with Gasteiger partial charge in [-0.2, -0.15) is 0 Å². The number of benzene rings is 4. The molecule has 2 heteroatoms. The van der Waals surface area contributed by atoms with Gasteiger partial charge in [0.25, 0.3) is 0 Å². The van der Waals surface area contributed by atoms with Gasteiger partial charge in [0.1, 0.15) is 0 Å². The first-order valence-electron chi connectivity index (χ1n) is 12.3. The predicted octanol–water partition coefficient (Wildman–Crippen LogP) is 7.79. The third-order valence-corrected chi connectivity index (χ3v) is 18.5. The fourth-order valence-corrected chi connectivity index (χ4v) is 18.0. The summed E-state index contributed by atoms with van der Waals surface area (Å²) < 4.78 is 1.18. The molecule has 2 aliphatic carbocycles. The summed E-state index contributed by atoms with van der Waals surface area (Å²) in [6.45, 7) is 5.23. The third kappa shape index (κ3) is 2.57. The topological polar surface area (TPSA) is 0 Å². The Hall–Kier alpha value is -2.19. The molecule has 0 aromatic heterocycles. The maximum absolute atomic E-state index is 2.74. The van der Waals surface area contributed by atoms with Crippen molar-refractivity contribution in [2.75, 3.05) is 0 Å². The molecule has 1 heterocycles. The predicted molar refractivity (Wildman–Crippen MR) is 140 cm³/mol. The molecule has 0 bridgehead atoms. The fraction of sp³-hybridized carbons (Fsp3) is 0.226. The van der Waals surface area contributed by atoms with Crippen molar-refractivity contribution in [3.63, 3.8) is 0 Å². The van der Waals surface area contributed by atoms with E-state index in [1.165, 1.54) is 28.3 Å². The molecule has 0 amide bonds. The summed E-state index contributed by atoms with van der Waals surface area (Å²) in [5.41, 5.74) is 14.3. The Bertz CT molecular complexity index is 1460. The molecule has 7 rings (SSSR count). The van der Waals surface area contributed by atoms with Crippen molar-refractivity contribution < 1.29 is 16.6 Å². The summed E-state index contributed by atoms with van der Waals surface area (Å²) in [6, 6.07) is 34.4. The normalized spacial score (nSPS) is 22.3. The standard InChI is InChI=1S/C29H24Si.2CH3.Ti/c1-30(2,29-16-8-15-26-24-13-6-4-10-21(24)18-28(26)29)19-22-11-7-14-25-23-12-5-3-9-20(23)17-27(22)25;;;/h3-18H,19H2,1-2H3;2*1H3;. The molecule has 4 aromatic rings. The van der Waals surface area contributed by atoms with Crippen LogP contribution in [0.15, 0.2) is 84.9 Å². The second-order valence-corrected chi connectivity index (χ2v) is 23.7. The van der Waals surface area contributed by atoms with Crippen LogP contribution in [-0.4, -0.2) is 8.07 Å². The van der Waals surface area contributed by atoms with E-state index in [0.29, 0.717) is 8.45 Å². The Kier molecular flexibility index (Phi) is 4.10. The van der Waals surface area contributed by atoms with Crippen molar-refractivity contribution in [3.05, 3.63) is 113 Å². The van der Waals surface area contributed by atoms with Gasteiger partial charge in [0.05, 0.1) is 0 Å². The summed E-state index contributed by atoms with van der Waals surface area (Å²) in [5, 5.41) is 7.19. The fourth-order valence-electron chi connectivity index (χ4n) is 7.63. The first kappa shape index (κ1) is 20.2. The maximum atomic E-state index is 2.74. The molecule has 33 heavy (non-hydrogen) atoms. The molecule has 4 aromatic carbocycles. The Labute approximate surface area is 202 Å². The van der Waals surface area contributed by atoms with Crippen molar-refractivity contribution in [3.8, 4) is 22.3 Å². The molecule has 0 saturated heterocycles. The summed E-state index contributed by atoms with van der Waals surface area (Å²) in [4.78, 5) is 0. The van der Waals surface area contributed by atoms with Crippen molar-refractivity contribution >= 4 is 13.3 Å². The minimum absolute atomic E-state index is 0.590. The van der Waals surface area contributed by atoms with E-state index in [0.717, 1.165) is 0 Å². The molecule has 0 spiro atoms. The molecule has 2 atom stereocenters. The molecule has 3 aliphatic rings. The monoisotopic (exact) mass is 478 g/mol. The second kappa shape index (κ2) is 6.69. The van der Waals surface area contributed by atoms with Gasteiger partial charge in [-0.1, -0.05) is 0 Å². The molecule has 0 saturated carbocycles. The zero-order valence-corrected chi connectivity index (χ0v) is 22.5. The first-order chi connectivity index (χ1) is 15.9. The third-order valence-electron chi connectivity index (χ3n) is 8.85. The molecule has 0 fully saturated rings. The van der Waals surface area contributed by atoms with E-state index in [2.05, 4.69) is 108 Å². The van der Waals surface area contributed by atoms with Gasteiger partial charge in [0, 0.05) is 0 Å². The quantitative estimate of drug-likeness (QED) is 0.226. The Morgan fingerprint density at radius 2 is 1.12 bits per heavy atom. The van der Waals surface area contributed by atoms with Crippen molar-refractivity contribution in [2.45, 2.75) is 38.0 Å². The van der Waals surface area contributed by atoms with E-state index in [1.807, 2.05) is 0 Å². The van der Waals surface area contributed by atoms with Crippen LogP contribution in [0.5, 0.6) is 0 Å². The van der Waals surface area contributed by atoms with Crippen molar-refractivity contribution in [2.24, 2.45) is 0 Å². The number of hydrogen-bond donors (Lipinski definition) is 0. The molecule has 0 nitrogen and oxygen atoms in total. The van der Waals surface area contributed by atoms with Gasteiger partial charge in [0.15, 0.2) is 0 Å². The van der Waals surface area contributed by atoms with Gasteiger partial charge in [-0.15, -0.1) is 0 Å². The molecular weight excluding hydrogens is 448 g/mol. The van der Waals surface area contributed by atoms with Crippen LogP contribution in [0.3, 0.4) is 0 Å². The minimum atomic E-state index is -2.59. The molecule has 0 radical (unpaired) electrons. The van der Waals surface area contributed by atoms with Gasteiger partial charge in [-0.25, -0.2) is 0 Å². The average Bonchev–Trinajstić information content (AvgIpc) is 3.33. The van der Waals surface area contributed by atoms with Crippen LogP contribution in [0.2, 0.25) is 23.6 Å². The summed E-state index contributed by atoms with van der Waals surface area (Å²) in [6.07, 6.45) is 0. The van der Waals surface area contributed by atoms with E-state index in [1.54, 1.807) is 33.0 Å². The van der Waals surface area contributed by atoms with Crippen molar-refractivity contribution in [1.29, 1.82) is 0 Å². The van der Waals surface area contributed by atoms with Crippen molar-refractivity contribution in [1.82, 2.24) is 0 Å². The zero-order chi connectivity index (χ0) is 22.5. The Balaban J connectivity index is 1.64. The van der Waals surface area contributed by atoms with Crippen LogP contribution in [-0.2, 0) is 22.6 Å². The van der Waals surface area contributed by atoms with E-state index in [4.69, 9.17) is 0 Å². The number of hydrogen-bond acceptors (Lipinski definition) is 0. The van der Waals surface area contributed by atoms with E-state index in [-0.39, 0.29) is 0 Å². The van der Waals surface area contributed by atoms with Gasteiger partial charge >= 0.3 is 203 Å². The van der Waals surface area contributed by atoms with Crippen LogP contribution in [0.4, 0.5) is 0 Å². The van der Waals surface area contributed by atoms with Gasteiger partial charge in [-0.05, 0) is 0 Å². The summed E-state index contributed by atoms with van der Waals surface area (Å²) >= 11 is -2.59. The SMILES string of the molecule is C[Si]1(C)Cc2cccc3c2[CH](c2ccccc2-3)[Ti]([CH3])([CH3])[CH]2c3ccccc3-c3cccc1c32. The Morgan fingerprint density at radius 1 is 0.606 bits per heavy atom. The summed E-state index contributed by atoms with van der Waals surface area (Å²) in [5.74, 6) is 0. The first-order valence-corrected chi connectivity index (χ1v) is 20.5. The van der Waals surface area contributed by atoms with Gasteiger partial charge in [-0.3, -0.25) is 0 Å². The van der Waals surface area contributed by atoms with Crippen LogP contribution >= 0.6 is 0 Å². The molecular formula is C31H30SiTi. The molecule has 2 unspecified atom stereocenters. The molecule has 0 N–H and O–H groups in total. The van der Waals surface area contributed by atoms with Gasteiger partial charge in [0.2, 0.25) is 0 Å². The second-order valence-electron chi connectivity index (χ2n) is 11.6.